The van der Waals surface area contributed by atoms with Gasteiger partial charge in [0.2, 0.25) is 0 Å². The number of carboxylic acid groups (broad SMARTS) is 1. The lowest BCUT2D eigenvalue weighted by atomic mass is 10.3. The number of aromatic nitrogens is 3. The van der Waals surface area contributed by atoms with Gasteiger partial charge in [0.25, 0.3) is 0 Å². The smallest absolute Gasteiger partial charge is 0.321 e. The maximum atomic E-state index is 11.0. The number of hydrogen-bond acceptors (Lipinski definition) is 5. The maximum Gasteiger partial charge on any atom is 0.321 e. The van der Waals surface area contributed by atoms with Crippen molar-refractivity contribution in [3.8, 4) is 0 Å². The Hall–Kier alpha value is -1.08. The van der Waals surface area contributed by atoms with E-state index >= 15 is 0 Å². The molecule has 0 aliphatic rings. The van der Waals surface area contributed by atoms with Gasteiger partial charge in [-0.15, -0.1) is 0 Å². The van der Waals surface area contributed by atoms with Gasteiger partial charge in [0.1, 0.15) is 12.4 Å². The van der Waals surface area contributed by atoms with Gasteiger partial charge in [0.05, 0.1) is 0 Å². The first-order valence-corrected chi connectivity index (χ1v) is 5.95. The molecule has 0 aliphatic carbocycles. The van der Waals surface area contributed by atoms with Crippen LogP contribution in [-0.2, 0) is 11.8 Å². The van der Waals surface area contributed by atoms with E-state index in [-0.39, 0.29) is 6.04 Å². The highest BCUT2D eigenvalue weighted by molar-refractivity contribution is 7.99. The summed E-state index contributed by atoms with van der Waals surface area (Å²) in [6.45, 7) is 3.84. The summed E-state index contributed by atoms with van der Waals surface area (Å²) in [6, 6.07) is -0.428. The first kappa shape index (κ1) is 13.0. The number of hydrogen-bond donors (Lipinski definition) is 2. The van der Waals surface area contributed by atoms with Crippen LogP contribution in [0, 0.1) is 0 Å². The van der Waals surface area contributed by atoms with Crippen LogP contribution in [0.2, 0.25) is 0 Å². The molecule has 1 aromatic rings. The number of aliphatic carboxylic acids is 1. The average molecular weight is 244 g/mol. The molecule has 16 heavy (non-hydrogen) atoms. The van der Waals surface area contributed by atoms with E-state index in [1.165, 1.54) is 18.1 Å². The molecule has 1 aromatic heterocycles. The van der Waals surface area contributed by atoms with Crippen LogP contribution in [0.25, 0.3) is 0 Å². The fourth-order valence-electron chi connectivity index (χ4n) is 1.17. The third-order valence-electron chi connectivity index (χ3n) is 1.88. The average Bonchev–Trinajstić information content (AvgIpc) is 2.57. The second-order valence-corrected chi connectivity index (χ2v) is 4.68. The lowest BCUT2D eigenvalue weighted by Gasteiger charge is -2.16. The van der Waals surface area contributed by atoms with Crippen LogP contribution >= 0.6 is 11.8 Å². The molecule has 90 valence electrons. The summed E-state index contributed by atoms with van der Waals surface area (Å²) in [4.78, 5) is 15.0. The summed E-state index contributed by atoms with van der Waals surface area (Å²) in [5.74, 6) is -0.414. The Kier molecular flexibility index (Phi) is 4.75. The maximum absolute atomic E-state index is 11.0. The minimum absolute atomic E-state index is 0.140. The summed E-state index contributed by atoms with van der Waals surface area (Å²) in [5, 5.41) is 16.6. The highest BCUT2D eigenvalue weighted by Gasteiger charge is 2.19. The van der Waals surface area contributed by atoms with Crippen LogP contribution in [0.1, 0.15) is 13.8 Å². The van der Waals surface area contributed by atoms with Crippen molar-refractivity contribution < 1.29 is 9.90 Å². The van der Waals surface area contributed by atoms with Crippen molar-refractivity contribution in [1.82, 2.24) is 20.1 Å². The predicted molar refractivity (Wildman–Crippen MR) is 61.4 cm³/mol. The van der Waals surface area contributed by atoms with Gasteiger partial charge in [0.15, 0.2) is 5.16 Å². The SMILES string of the molecule is CC(C)NC(CSc1ncnn1C)C(=O)O. The first-order chi connectivity index (χ1) is 7.50. The van der Waals surface area contributed by atoms with Crippen molar-refractivity contribution in [2.75, 3.05) is 5.75 Å². The molecule has 0 aromatic carbocycles. The Bertz CT molecular complexity index is 353. The summed E-state index contributed by atoms with van der Waals surface area (Å²) in [7, 11) is 1.78. The molecule has 1 rings (SSSR count). The second kappa shape index (κ2) is 5.86. The molecule has 0 radical (unpaired) electrons. The molecule has 1 unspecified atom stereocenters. The van der Waals surface area contributed by atoms with Crippen molar-refractivity contribution in [3.63, 3.8) is 0 Å². The zero-order chi connectivity index (χ0) is 12.1. The van der Waals surface area contributed by atoms with Crippen LogP contribution in [0.5, 0.6) is 0 Å². The fourth-order valence-corrected chi connectivity index (χ4v) is 2.08. The van der Waals surface area contributed by atoms with E-state index in [1.54, 1.807) is 11.7 Å². The highest BCUT2D eigenvalue weighted by Crippen LogP contribution is 2.14. The zero-order valence-corrected chi connectivity index (χ0v) is 10.4. The fraction of sp³-hybridized carbons (Fsp3) is 0.667. The lowest BCUT2D eigenvalue weighted by Crippen LogP contribution is -2.42. The van der Waals surface area contributed by atoms with Crippen molar-refractivity contribution >= 4 is 17.7 Å². The van der Waals surface area contributed by atoms with E-state index in [1.807, 2.05) is 13.8 Å². The van der Waals surface area contributed by atoms with E-state index < -0.39 is 12.0 Å². The summed E-state index contributed by atoms with van der Waals surface area (Å²) in [6.07, 6.45) is 1.45. The zero-order valence-electron chi connectivity index (χ0n) is 9.54. The topological polar surface area (TPSA) is 80.0 Å². The largest absolute Gasteiger partial charge is 0.480 e. The van der Waals surface area contributed by atoms with E-state index in [2.05, 4.69) is 15.4 Å². The third-order valence-corrected chi connectivity index (χ3v) is 3.01. The first-order valence-electron chi connectivity index (χ1n) is 4.96. The summed E-state index contributed by atoms with van der Waals surface area (Å²) >= 11 is 1.38. The molecular weight excluding hydrogens is 228 g/mol. The van der Waals surface area contributed by atoms with Gasteiger partial charge in [0, 0.05) is 18.8 Å². The number of thioether (sulfide) groups is 1. The quantitative estimate of drug-likeness (QED) is 0.703. The molecule has 0 amide bonds. The van der Waals surface area contributed by atoms with Crippen LogP contribution in [-0.4, -0.2) is 43.7 Å². The molecule has 0 saturated carbocycles. The van der Waals surface area contributed by atoms with E-state index in [9.17, 15) is 4.79 Å². The molecule has 0 bridgehead atoms. The van der Waals surface area contributed by atoms with Crippen LogP contribution in [0.15, 0.2) is 11.5 Å². The molecule has 1 atom stereocenters. The Morgan fingerprint density at radius 1 is 1.69 bits per heavy atom. The van der Waals surface area contributed by atoms with Crippen molar-refractivity contribution in [2.45, 2.75) is 31.1 Å². The molecule has 7 heteroatoms. The third kappa shape index (κ3) is 3.82. The minimum Gasteiger partial charge on any atom is -0.480 e. The van der Waals surface area contributed by atoms with Gasteiger partial charge < -0.3 is 10.4 Å². The number of nitrogens with zero attached hydrogens (tertiary/aromatic N) is 3. The van der Waals surface area contributed by atoms with Crippen LogP contribution in [0.3, 0.4) is 0 Å². The monoisotopic (exact) mass is 244 g/mol. The van der Waals surface area contributed by atoms with Gasteiger partial charge in [-0.25, -0.2) is 9.67 Å². The number of rotatable bonds is 6. The van der Waals surface area contributed by atoms with Gasteiger partial charge in [-0.2, -0.15) is 5.10 Å². The van der Waals surface area contributed by atoms with Gasteiger partial charge in [-0.3, -0.25) is 4.79 Å². The highest BCUT2D eigenvalue weighted by atomic mass is 32.2. The van der Waals surface area contributed by atoms with Crippen molar-refractivity contribution in [1.29, 1.82) is 0 Å². The van der Waals surface area contributed by atoms with Crippen LogP contribution < -0.4 is 5.32 Å². The van der Waals surface area contributed by atoms with Gasteiger partial charge in [-0.05, 0) is 0 Å². The molecule has 1 heterocycles. The predicted octanol–water partition coefficient (Wildman–Crippen LogP) is 0.358. The molecule has 2 N–H and O–H groups in total. The van der Waals surface area contributed by atoms with Crippen LogP contribution in [0.4, 0.5) is 0 Å². The molecular formula is C9H16N4O2S. The lowest BCUT2D eigenvalue weighted by molar-refractivity contribution is -0.139. The molecule has 0 aliphatic heterocycles. The van der Waals surface area contributed by atoms with E-state index in [4.69, 9.17) is 5.11 Å². The Labute approximate surface area is 98.4 Å². The van der Waals surface area contributed by atoms with Gasteiger partial charge >= 0.3 is 5.97 Å². The number of aryl methyl sites for hydroxylation is 1. The van der Waals surface area contributed by atoms with E-state index in [0.717, 1.165) is 5.16 Å². The number of carbonyl (C=O) groups is 1. The van der Waals surface area contributed by atoms with Gasteiger partial charge in [-0.1, -0.05) is 25.6 Å². The molecule has 0 saturated heterocycles. The summed E-state index contributed by atoms with van der Waals surface area (Å²) < 4.78 is 1.62. The number of carboxylic acids is 1. The Morgan fingerprint density at radius 2 is 2.38 bits per heavy atom. The summed E-state index contributed by atoms with van der Waals surface area (Å²) in [5.41, 5.74) is 0. The number of nitrogens with one attached hydrogen (secondary N) is 1. The van der Waals surface area contributed by atoms with Crippen molar-refractivity contribution in [2.24, 2.45) is 7.05 Å². The Balaban J connectivity index is 2.50. The molecule has 0 fully saturated rings. The Morgan fingerprint density at radius 3 is 2.81 bits per heavy atom. The van der Waals surface area contributed by atoms with Crippen molar-refractivity contribution in [3.05, 3.63) is 6.33 Å². The molecule has 0 spiro atoms. The molecule has 6 nitrogen and oxygen atoms in total. The second-order valence-electron chi connectivity index (χ2n) is 3.69. The minimum atomic E-state index is -0.844. The normalized spacial score (nSPS) is 13.0. The van der Waals surface area contributed by atoms with E-state index in [0.29, 0.717) is 5.75 Å². The standard InChI is InChI=1S/C9H16N4O2S/c1-6(2)12-7(8(14)15)4-16-9-10-5-11-13(9)3/h5-7,12H,4H2,1-3H3,(H,14,15).